The number of rotatable bonds is 6. The van der Waals surface area contributed by atoms with E-state index in [-0.39, 0.29) is 0 Å². The van der Waals surface area contributed by atoms with E-state index in [4.69, 9.17) is 15.9 Å². The SMILES string of the molecule is CN[C@@H](CS)C(=O)O.CSC[C@H](N)C(=O)O. The molecule has 6 nitrogen and oxygen atoms in total. The zero-order valence-electron chi connectivity index (χ0n) is 9.21. The number of aliphatic carboxylic acids is 2. The first kappa shape index (κ1) is 17.9. The van der Waals surface area contributed by atoms with Crippen molar-refractivity contribution >= 4 is 36.3 Å². The fourth-order valence-corrected chi connectivity index (χ4v) is 1.38. The maximum Gasteiger partial charge on any atom is 0.321 e. The number of hydrogen-bond donors (Lipinski definition) is 5. The smallest absolute Gasteiger partial charge is 0.321 e. The number of thioether (sulfide) groups is 1. The van der Waals surface area contributed by atoms with Crippen molar-refractivity contribution in [3.05, 3.63) is 0 Å². The van der Waals surface area contributed by atoms with E-state index in [9.17, 15) is 9.59 Å². The van der Waals surface area contributed by atoms with E-state index >= 15 is 0 Å². The highest BCUT2D eigenvalue weighted by atomic mass is 32.2. The van der Waals surface area contributed by atoms with Gasteiger partial charge in [-0.15, -0.1) is 0 Å². The Morgan fingerprint density at radius 2 is 1.94 bits per heavy atom. The molecule has 0 amide bonds. The predicted molar refractivity (Wildman–Crippen MR) is 68.3 cm³/mol. The standard InChI is InChI=1S/2C4H9NO2S/c1-8-2-3(5)4(6)7;1-5-3(2-8)4(6)7/h3H,2,5H2,1H3,(H,6,7);3,5,8H,2H2,1H3,(H,6,7)/t2*3-/m00/s1. The minimum absolute atomic E-state index is 0.325. The topological polar surface area (TPSA) is 113 Å². The van der Waals surface area contributed by atoms with E-state index in [2.05, 4.69) is 17.9 Å². The second-order valence-corrected chi connectivity index (χ2v) is 4.04. The summed E-state index contributed by atoms with van der Waals surface area (Å²) in [5.41, 5.74) is 5.11. The van der Waals surface area contributed by atoms with Crippen LogP contribution < -0.4 is 11.1 Å². The van der Waals surface area contributed by atoms with Crippen LogP contribution in [0.3, 0.4) is 0 Å². The number of nitrogens with one attached hydrogen (secondary N) is 1. The van der Waals surface area contributed by atoms with Crippen molar-refractivity contribution in [1.29, 1.82) is 0 Å². The van der Waals surface area contributed by atoms with Gasteiger partial charge >= 0.3 is 11.9 Å². The fourth-order valence-electron chi connectivity index (χ4n) is 0.544. The van der Waals surface area contributed by atoms with Crippen molar-refractivity contribution in [3.8, 4) is 0 Å². The third-order valence-electron chi connectivity index (χ3n) is 1.49. The summed E-state index contributed by atoms with van der Waals surface area (Å²) in [6, 6.07) is -1.22. The molecule has 8 heteroatoms. The van der Waals surface area contributed by atoms with Gasteiger partial charge in [-0.2, -0.15) is 24.4 Å². The highest BCUT2D eigenvalue weighted by Gasteiger charge is 2.10. The molecule has 0 aromatic carbocycles. The van der Waals surface area contributed by atoms with Crippen LogP contribution in [0.1, 0.15) is 0 Å². The normalized spacial score (nSPS) is 13.2. The number of carboxylic acid groups (broad SMARTS) is 2. The second-order valence-electron chi connectivity index (χ2n) is 2.76. The summed E-state index contributed by atoms with van der Waals surface area (Å²) in [6.07, 6.45) is 1.82. The Labute approximate surface area is 104 Å². The van der Waals surface area contributed by atoms with Gasteiger partial charge in [0.2, 0.25) is 0 Å². The Morgan fingerprint density at radius 1 is 1.44 bits per heavy atom. The lowest BCUT2D eigenvalue weighted by Crippen LogP contribution is -2.35. The third kappa shape index (κ3) is 10.1. The van der Waals surface area contributed by atoms with Gasteiger partial charge in [-0.25, -0.2) is 0 Å². The number of hydrogen-bond acceptors (Lipinski definition) is 6. The van der Waals surface area contributed by atoms with E-state index in [0.717, 1.165) is 0 Å². The molecule has 0 saturated heterocycles. The molecule has 0 radical (unpaired) electrons. The Bertz CT molecular complexity index is 212. The van der Waals surface area contributed by atoms with Gasteiger partial charge < -0.3 is 21.3 Å². The molecule has 96 valence electrons. The molecule has 0 fully saturated rings. The summed E-state index contributed by atoms with van der Waals surface area (Å²) in [5.74, 6) is -0.983. The fraction of sp³-hybridized carbons (Fsp3) is 0.750. The zero-order chi connectivity index (χ0) is 13.1. The summed E-state index contributed by atoms with van der Waals surface area (Å²) in [4.78, 5) is 20.0. The van der Waals surface area contributed by atoms with E-state index in [1.54, 1.807) is 7.05 Å². The molecule has 0 bridgehead atoms. The maximum absolute atomic E-state index is 10.1. The van der Waals surface area contributed by atoms with Crippen LogP contribution >= 0.6 is 24.4 Å². The van der Waals surface area contributed by atoms with Crippen LogP contribution in [-0.4, -0.2) is 59.0 Å². The highest BCUT2D eigenvalue weighted by molar-refractivity contribution is 7.98. The van der Waals surface area contributed by atoms with Crippen LogP contribution in [0.4, 0.5) is 0 Å². The largest absolute Gasteiger partial charge is 0.480 e. The monoisotopic (exact) mass is 270 g/mol. The number of thiol groups is 1. The molecular formula is C8H18N2O4S2. The molecule has 0 aromatic rings. The van der Waals surface area contributed by atoms with Crippen LogP contribution in [0.5, 0.6) is 0 Å². The summed E-state index contributed by atoms with van der Waals surface area (Å²) in [7, 11) is 1.59. The van der Waals surface area contributed by atoms with E-state index in [1.165, 1.54) is 11.8 Å². The van der Waals surface area contributed by atoms with Crippen molar-refractivity contribution in [2.75, 3.05) is 24.8 Å². The molecule has 0 heterocycles. The first-order valence-electron chi connectivity index (χ1n) is 4.38. The molecule has 0 aromatic heterocycles. The molecule has 0 rings (SSSR count). The highest BCUT2D eigenvalue weighted by Crippen LogP contribution is 1.93. The lowest BCUT2D eigenvalue weighted by Gasteiger charge is -2.04. The first-order valence-corrected chi connectivity index (χ1v) is 6.41. The summed E-state index contributed by atoms with van der Waals surface area (Å²) in [6.45, 7) is 0. The third-order valence-corrected chi connectivity index (χ3v) is 2.55. The van der Waals surface area contributed by atoms with Crippen molar-refractivity contribution in [3.63, 3.8) is 0 Å². The minimum Gasteiger partial charge on any atom is -0.480 e. The summed E-state index contributed by atoms with van der Waals surface area (Å²) < 4.78 is 0. The van der Waals surface area contributed by atoms with E-state index in [1.807, 2.05) is 6.26 Å². The number of carbonyl (C=O) groups is 2. The van der Waals surface area contributed by atoms with Crippen molar-refractivity contribution in [1.82, 2.24) is 5.32 Å². The van der Waals surface area contributed by atoms with Gasteiger partial charge in [-0.05, 0) is 13.3 Å². The predicted octanol–water partition coefficient (Wildman–Crippen LogP) is -0.650. The van der Waals surface area contributed by atoms with Gasteiger partial charge in [0.15, 0.2) is 0 Å². The van der Waals surface area contributed by atoms with Crippen LogP contribution in [-0.2, 0) is 9.59 Å². The van der Waals surface area contributed by atoms with E-state index in [0.29, 0.717) is 11.5 Å². The number of carboxylic acids is 2. The number of likely N-dealkylation sites (N-methyl/N-ethyl adjacent to an activating group) is 1. The minimum atomic E-state index is -0.931. The molecule has 0 spiro atoms. The average molecular weight is 270 g/mol. The first-order chi connectivity index (χ1) is 7.40. The average Bonchev–Trinajstić information content (AvgIpc) is 2.20. The number of nitrogens with two attached hydrogens (primary N) is 1. The Hall–Kier alpha value is -0.440. The van der Waals surface area contributed by atoms with E-state index < -0.39 is 24.0 Å². The van der Waals surface area contributed by atoms with Gasteiger partial charge in [-0.3, -0.25) is 9.59 Å². The molecular weight excluding hydrogens is 252 g/mol. The molecule has 0 saturated carbocycles. The van der Waals surface area contributed by atoms with Gasteiger partial charge in [0.1, 0.15) is 12.1 Å². The van der Waals surface area contributed by atoms with Crippen molar-refractivity contribution in [2.24, 2.45) is 5.73 Å². The Morgan fingerprint density at radius 3 is 2.00 bits per heavy atom. The van der Waals surface area contributed by atoms with Crippen molar-refractivity contribution < 1.29 is 19.8 Å². The molecule has 5 N–H and O–H groups in total. The molecule has 16 heavy (non-hydrogen) atoms. The van der Waals surface area contributed by atoms with Crippen LogP contribution in [0.2, 0.25) is 0 Å². The summed E-state index contributed by atoms with van der Waals surface area (Å²) >= 11 is 5.22. The van der Waals surface area contributed by atoms with Crippen LogP contribution in [0, 0.1) is 0 Å². The van der Waals surface area contributed by atoms with Gasteiger partial charge in [0.05, 0.1) is 0 Å². The van der Waals surface area contributed by atoms with Crippen molar-refractivity contribution in [2.45, 2.75) is 12.1 Å². The lowest BCUT2D eigenvalue weighted by molar-refractivity contribution is -0.139. The van der Waals surface area contributed by atoms with Gasteiger partial charge in [0, 0.05) is 11.5 Å². The second kappa shape index (κ2) is 11.1. The summed E-state index contributed by atoms with van der Waals surface area (Å²) in [5, 5.41) is 19.0. The Balaban J connectivity index is 0. The van der Waals surface area contributed by atoms with Crippen LogP contribution in [0.15, 0.2) is 0 Å². The molecule has 2 atom stereocenters. The quantitative estimate of drug-likeness (QED) is 0.408. The Kier molecular flexibility index (Phi) is 12.4. The van der Waals surface area contributed by atoms with Crippen LogP contribution in [0.25, 0.3) is 0 Å². The molecule has 0 unspecified atom stereocenters. The zero-order valence-corrected chi connectivity index (χ0v) is 10.9. The maximum atomic E-state index is 10.1. The van der Waals surface area contributed by atoms with Gasteiger partial charge in [0.25, 0.3) is 0 Å². The molecule has 0 aliphatic heterocycles. The lowest BCUT2D eigenvalue weighted by atomic mass is 10.3. The molecule has 0 aliphatic carbocycles. The van der Waals surface area contributed by atoms with Gasteiger partial charge in [-0.1, -0.05) is 0 Å². The molecule has 0 aliphatic rings.